The number of carbonyl (C=O) groups excluding carboxylic acids is 1. The van der Waals surface area contributed by atoms with Gasteiger partial charge in [0.05, 0.1) is 18.2 Å². The molecule has 4 nitrogen and oxygen atoms in total. The van der Waals surface area contributed by atoms with E-state index >= 15 is 0 Å². The molecule has 1 saturated carbocycles. The fraction of sp³-hybridized carbons (Fsp3) is 0.533. The van der Waals surface area contributed by atoms with Gasteiger partial charge in [0.25, 0.3) is 0 Å². The van der Waals surface area contributed by atoms with Crippen LogP contribution in [0, 0.1) is 0 Å². The molecule has 1 amide bonds. The van der Waals surface area contributed by atoms with Gasteiger partial charge in [0.15, 0.2) is 0 Å². The predicted molar refractivity (Wildman–Crippen MR) is 72.5 cm³/mol. The summed E-state index contributed by atoms with van der Waals surface area (Å²) in [6, 6.07) is 10.1. The van der Waals surface area contributed by atoms with Crippen LogP contribution < -0.4 is 5.73 Å². The van der Waals surface area contributed by atoms with E-state index in [-0.39, 0.29) is 18.1 Å². The van der Waals surface area contributed by atoms with E-state index in [1.165, 1.54) is 0 Å². The van der Waals surface area contributed by atoms with Crippen LogP contribution in [0.1, 0.15) is 31.4 Å². The second-order valence-corrected chi connectivity index (χ2v) is 5.71. The first-order chi connectivity index (χ1) is 9.08. The monoisotopic (exact) mass is 260 g/mol. The van der Waals surface area contributed by atoms with Crippen molar-refractivity contribution >= 4 is 5.91 Å². The molecule has 0 spiro atoms. The Hall–Kier alpha value is -1.39. The van der Waals surface area contributed by atoms with Gasteiger partial charge in [-0.3, -0.25) is 4.79 Å². The van der Waals surface area contributed by atoms with Gasteiger partial charge in [-0.25, -0.2) is 0 Å². The minimum absolute atomic E-state index is 0.0451. The molecule has 1 aliphatic heterocycles. The van der Waals surface area contributed by atoms with Gasteiger partial charge in [0, 0.05) is 6.54 Å². The van der Waals surface area contributed by atoms with E-state index in [1.54, 1.807) is 0 Å². The first-order valence-corrected chi connectivity index (χ1v) is 6.87. The quantitative estimate of drug-likeness (QED) is 0.876. The molecule has 19 heavy (non-hydrogen) atoms. The van der Waals surface area contributed by atoms with Crippen LogP contribution in [0.25, 0.3) is 0 Å². The fourth-order valence-corrected chi connectivity index (χ4v) is 2.63. The van der Waals surface area contributed by atoms with E-state index in [0.717, 1.165) is 18.4 Å². The van der Waals surface area contributed by atoms with Gasteiger partial charge in [0.2, 0.25) is 5.91 Å². The number of nitrogens with two attached hydrogens (primary N) is 1. The zero-order valence-electron chi connectivity index (χ0n) is 11.2. The van der Waals surface area contributed by atoms with Crippen molar-refractivity contribution in [3.05, 3.63) is 35.9 Å². The molecule has 2 N–H and O–H groups in total. The highest BCUT2D eigenvalue weighted by Gasteiger charge is 2.49. The Morgan fingerprint density at radius 2 is 2.00 bits per heavy atom. The molecule has 0 aromatic heterocycles. The number of amides is 1. The Bertz CT molecular complexity index is 470. The van der Waals surface area contributed by atoms with Crippen LogP contribution in [0.2, 0.25) is 0 Å². The summed E-state index contributed by atoms with van der Waals surface area (Å²) in [5, 5.41) is 0. The van der Waals surface area contributed by atoms with Gasteiger partial charge in [-0.1, -0.05) is 30.3 Å². The second kappa shape index (κ2) is 4.62. The zero-order chi connectivity index (χ0) is 13.5. The summed E-state index contributed by atoms with van der Waals surface area (Å²) in [5.74, 6) is 0.0866. The van der Waals surface area contributed by atoms with Crippen LogP contribution in [0.15, 0.2) is 30.3 Å². The molecule has 2 fully saturated rings. The molecule has 2 atom stereocenters. The smallest absolute Gasteiger partial charge is 0.242 e. The maximum absolute atomic E-state index is 12.3. The average Bonchev–Trinajstić information content (AvgIpc) is 3.17. The topological polar surface area (TPSA) is 55.6 Å². The molecular formula is C15H20N2O2. The lowest BCUT2D eigenvalue weighted by molar-refractivity contribution is -0.147. The minimum atomic E-state index is -0.585. The minimum Gasteiger partial charge on any atom is -0.367 e. The fourth-order valence-electron chi connectivity index (χ4n) is 2.63. The molecule has 2 unspecified atom stereocenters. The number of hydrogen-bond donors (Lipinski definition) is 1. The third-order valence-electron chi connectivity index (χ3n) is 3.93. The lowest BCUT2D eigenvalue weighted by atomic mass is 10.1. The number of hydrogen-bond acceptors (Lipinski definition) is 3. The van der Waals surface area contributed by atoms with Crippen LogP contribution in [-0.2, 0) is 9.53 Å². The first kappa shape index (κ1) is 12.6. The largest absolute Gasteiger partial charge is 0.367 e. The molecule has 102 valence electrons. The van der Waals surface area contributed by atoms with Crippen molar-refractivity contribution in [3.63, 3.8) is 0 Å². The summed E-state index contributed by atoms with van der Waals surface area (Å²) in [6.45, 7) is 3.25. The van der Waals surface area contributed by atoms with Gasteiger partial charge in [-0.15, -0.1) is 0 Å². The maximum Gasteiger partial charge on any atom is 0.242 e. The summed E-state index contributed by atoms with van der Waals surface area (Å²) in [4.78, 5) is 14.2. The Labute approximate surface area is 113 Å². The summed E-state index contributed by atoms with van der Waals surface area (Å²) in [5.41, 5.74) is 6.55. The van der Waals surface area contributed by atoms with E-state index in [9.17, 15) is 4.79 Å². The van der Waals surface area contributed by atoms with Crippen LogP contribution in [0.3, 0.4) is 0 Å². The zero-order valence-corrected chi connectivity index (χ0v) is 11.2. The van der Waals surface area contributed by atoms with Crippen molar-refractivity contribution in [1.82, 2.24) is 4.90 Å². The molecule has 1 aliphatic carbocycles. The molecule has 1 heterocycles. The SMILES string of the molecule is CC1CN(C(=O)C2(N)CC2)CC(c2ccccc2)O1. The Balaban J connectivity index is 1.76. The number of benzene rings is 1. The van der Waals surface area contributed by atoms with Gasteiger partial charge < -0.3 is 15.4 Å². The molecule has 1 aromatic rings. The van der Waals surface area contributed by atoms with E-state index in [0.29, 0.717) is 13.1 Å². The molecule has 3 rings (SSSR count). The molecule has 2 aliphatic rings. The summed E-state index contributed by atoms with van der Waals surface area (Å²) >= 11 is 0. The highest BCUT2D eigenvalue weighted by Crippen LogP contribution is 2.36. The number of carbonyl (C=O) groups is 1. The number of rotatable bonds is 2. The average molecular weight is 260 g/mol. The van der Waals surface area contributed by atoms with Crippen molar-refractivity contribution in [2.75, 3.05) is 13.1 Å². The van der Waals surface area contributed by atoms with Crippen molar-refractivity contribution in [1.29, 1.82) is 0 Å². The maximum atomic E-state index is 12.3. The molecule has 0 radical (unpaired) electrons. The number of nitrogens with zero attached hydrogens (tertiary/aromatic N) is 1. The summed E-state index contributed by atoms with van der Waals surface area (Å²) in [6.07, 6.45) is 1.63. The summed E-state index contributed by atoms with van der Waals surface area (Å²) < 4.78 is 5.95. The Morgan fingerprint density at radius 3 is 2.63 bits per heavy atom. The lowest BCUT2D eigenvalue weighted by Gasteiger charge is -2.38. The normalized spacial score (nSPS) is 29.1. The second-order valence-electron chi connectivity index (χ2n) is 5.71. The number of morpholine rings is 1. The third kappa shape index (κ3) is 2.51. The van der Waals surface area contributed by atoms with E-state index < -0.39 is 5.54 Å². The van der Waals surface area contributed by atoms with E-state index in [1.807, 2.05) is 42.2 Å². The van der Waals surface area contributed by atoms with Crippen molar-refractivity contribution < 1.29 is 9.53 Å². The van der Waals surface area contributed by atoms with E-state index in [4.69, 9.17) is 10.5 Å². The van der Waals surface area contributed by atoms with Crippen molar-refractivity contribution in [2.45, 2.75) is 37.5 Å². The molecule has 1 aromatic carbocycles. The third-order valence-corrected chi connectivity index (χ3v) is 3.93. The van der Waals surface area contributed by atoms with Crippen LogP contribution >= 0.6 is 0 Å². The van der Waals surface area contributed by atoms with E-state index in [2.05, 4.69) is 0 Å². The lowest BCUT2D eigenvalue weighted by Crippen LogP contribution is -2.52. The highest BCUT2D eigenvalue weighted by molar-refractivity contribution is 5.89. The van der Waals surface area contributed by atoms with Crippen molar-refractivity contribution in [2.24, 2.45) is 5.73 Å². The number of ether oxygens (including phenoxy) is 1. The van der Waals surface area contributed by atoms with Gasteiger partial charge in [0.1, 0.15) is 6.10 Å². The van der Waals surface area contributed by atoms with Gasteiger partial charge in [-0.2, -0.15) is 0 Å². The van der Waals surface area contributed by atoms with Crippen LogP contribution in [0.5, 0.6) is 0 Å². The predicted octanol–water partition coefficient (Wildman–Crippen LogP) is 1.47. The Morgan fingerprint density at radius 1 is 1.32 bits per heavy atom. The highest BCUT2D eigenvalue weighted by atomic mass is 16.5. The van der Waals surface area contributed by atoms with Crippen LogP contribution in [0.4, 0.5) is 0 Å². The van der Waals surface area contributed by atoms with Gasteiger partial charge in [-0.05, 0) is 25.3 Å². The summed E-state index contributed by atoms with van der Waals surface area (Å²) in [7, 11) is 0. The molecule has 4 heteroatoms. The molecule has 0 bridgehead atoms. The Kier molecular flexibility index (Phi) is 3.07. The van der Waals surface area contributed by atoms with Gasteiger partial charge >= 0.3 is 0 Å². The molecule has 1 saturated heterocycles. The van der Waals surface area contributed by atoms with Crippen LogP contribution in [-0.4, -0.2) is 35.5 Å². The standard InChI is InChI=1S/C15H20N2O2/c1-11-9-17(14(18)15(16)7-8-15)10-13(19-11)12-5-3-2-4-6-12/h2-6,11,13H,7-10,16H2,1H3. The molecular weight excluding hydrogens is 240 g/mol. The van der Waals surface area contributed by atoms with Crippen molar-refractivity contribution in [3.8, 4) is 0 Å². The first-order valence-electron chi connectivity index (χ1n) is 6.87.